The van der Waals surface area contributed by atoms with Gasteiger partial charge < -0.3 is 15.5 Å². The van der Waals surface area contributed by atoms with Gasteiger partial charge in [0.2, 0.25) is 0 Å². The number of aliphatic imine (C=N–C) groups is 1. The summed E-state index contributed by atoms with van der Waals surface area (Å²) in [6.07, 6.45) is 10.1. The van der Waals surface area contributed by atoms with E-state index in [0.717, 1.165) is 62.7 Å². The van der Waals surface area contributed by atoms with Crippen LogP contribution < -0.4 is 15.5 Å². The maximum atomic E-state index is 4.39. The summed E-state index contributed by atoms with van der Waals surface area (Å²) in [7, 11) is 3.78. The molecule has 9 heteroatoms. The van der Waals surface area contributed by atoms with E-state index >= 15 is 0 Å². The van der Waals surface area contributed by atoms with E-state index in [1.165, 1.54) is 5.69 Å². The molecular formula is C20H29N9. The number of nitrogens with zero attached hydrogens (tertiary/aromatic N) is 7. The maximum absolute atomic E-state index is 4.39. The minimum Gasteiger partial charge on any atom is -0.367 e. The second kappa shape index (κ2) is 8.93. The van der Waals surface area contributed by atoms with Crippen LogP contribution in [0, 0.1) is 0 Å². The third-order valence-corrected chi connectivity index (χ3v) is 5.30. The molecule has 0 amide bonds. The summed E-state index contributed by atoms with van der Waals surface area (Å²) >= 11 is 0. The molecule has 1 unspecified atom stereocenters. The first-order valence-corrected chi connectivity index (χ1v) is 10.2. The molecule has 3 aromatic heterocycles. The highest BCUT2D eigenvalue weighted by Gasteiger charge is 2.21. The molecule has 1 aliphatic heterocycles. The van der Waals surface area contributed by atoms with E-state index in [0.29, 0.717) is 6.04 Å². The first-order chi connectivity index (χ1) is 14.2. The van der Waals surface area contributed by atoms with Crippen molar-refractivity contribution in [2.24, 2.45) is 12.0 Å². The van der Waals surface area contributed by atoms with Gasteiger partial charge in [0.15, 0.2) is 11.6 Å². The Morgan fingerprint density at radius 1 is 1.31 bits per heavy atom. The zero-order chi connectivity index (χ0) is 20.1. The number of pyridine rings is 1. The molecule has 0 radical (unpaired) electrons. The molecule has 0 aliphatic carbocycles. The fourth-order valence-electron chi connectivity index (χ4n) is 3.80. The minimum atomic E-state index is 0.371. The fourth-order valence-corrected chi connectivity index (χ4v) is 3.80. The van der Waals surface area contributed by atoms with Crippen molar-refractivity contribution >= 4 is 17.3 Å². The molecule has 0 aromatic carbocycles. The summed E-state index contributed by atoms with van der Waals surface area (Å²) in [5.41, 5.74) is 2.07. The smallest absolute Gasteiger partial charge is 0.191 e. The van der Waals surface area contributed by atoms with Gasteiger partial charge in [-0.1, -0.05) is 6.07 Å². The molecule has 0 saturated carbocycles. The van der Waals surface area contributed by atoms with Gasteiger partial charge in [0.1, 0.15) is 5.82 Å². The van der Waals surface area contributed by atoms with Crippen molar-refractivity contribution in [3.63, 3.8) is 0 Å². The number of aromatic nitrogens is 5. The highest BCUT2D eigenvalue weighted by molar-refractivity contribution is 5.80. The second-order valence-corrected chi connectivity index (χ2v) is 7.45. The van der Waals surface area contributed by atoms with Gasteiger partial charge in [0.05, 0.1) is 11.9 Å². The molecule has 0 spiro atoms. The van der Waals surface area contributed by atoms with Crippen molar-refractivity contribution in [1.29, 1.82) is 0 Å². The molecule has 4 heterocycles. The Kier molecular flexibility index (Phi) is 5.92. The topological polar surface area (TPSA) is 87.7 Å². The number of anilines is 1. The molecule has 1 saturated heterocycles. The molecule has 154 valence electrons. The third kappa shape index (κ3) is 4.67. The maximum Gasteiger partial charge on any atom is 0.191 e. The molecule has 0 bridgehead atoms. The second-order valence-electron chi connectivity index (χ2n) is 7.45. The van der Waals surface area contributed by atoms with Crippen molar-refractivity contribution < 1.29 is 0 Å². The number of guanidine groups is 1. The molecule has 3 aromatic rings. The Bertz CT molecular complexity index is 958. The van der Waals surface area contributed by atoms with Crippen LogP contribution in [-0.4, -0.2) is 63.1 Å². The van der Waals surface area contributed by atoms with E-state index in [1.807, 2.05) is 53.8 Å². The monoisotopic (exact) mass is 395 g/mol. The van der Waals surface area contributed by atoms with Crippen LogP contribution in [-0.2, 0) is 13.5 Å². The van der Waals surface area contributed by atoms with E-state index < -0.39 is 0 Å². The normalized spacial score (nSPS) is 17.7. The zero-order valence-corrected chi connectivity index (χ0v) is 17.1. The number of rotatable bonds is 6. The number of fused-ring (bicyclic) bond motifs is 1. The van der Waals surface area contributed by atoms with Crippen molar-refractivity contribution in [2.45, 2.75) is 31.7 Å². The lowest BCUT2D eigenvalue weighted by molar-refractivity contribution is 0.467. The van der Waals surface area contributed by atoms with Crippen LogP contribution in [0.3, 0.4) is 0 Å². The van der Waals surface area contributed by atoms with Gasteiger partial charge in [-0.25, -0.2) is 0 Å². The fraction of sp³-hybridized carbons (Fsp3) is 0.500. The van der Waals surface area contributed by atoms with E-state index in [1.54, 1.807) is 0 Å². The first kappa shape index (κ1) is 19.2. The van der Waals surface area contributed by atoms with Crippen LogP contribution in [0.15, 0.2) is 41.8 Å². The largest absolute Gasteiger partial charge is 0.367 e. The highest BCUT2D eigenvalue weighted by atomic mass is 15.3. The molecule has 2 N–H and O–H groups in total. The van der Waals surface area contributed by atoms with Crippen LogP contribution in [0.1, 0.15) is 25.1 Å². The quantitative estimate of drug-likeness (QED) is 0.371. The van der Waals surface area contributed by atoms with Gasteiger partial charge >= 0.3 is 0 Å². The van der Waals surface area contributed by atoms with Gasteiger partial charge in [-0.3, -0.25) is 14.1 Å². The Hall–Kier alpha value is -3.10. The SMILES string of the molecule is CN=C(NCCCc1nnc2ccccn12)NC1CCCN(c2cnn(C)c2)C1. The average Bonchev–Trinajstić information content (AvgIpc) is 3.37. The Labute approximate surface area is 170 Å². The van der Waals surface area contributed by atoms with E-state index in [9.17, 15) is 0 Å². The van der Waals surface area contributed by atoms with Crippen molar-refractivity contribution in [3.8, 4) is 0 Å². The van der Waals surface area contributed by atoms with Gasteiger partial charge in [-0.15, -0.1) is 10.2 Å². The molecule has 29 heavy (non-hydrogen) atoms. The van der Waals surface area contributed by atoms with Gasteiger partial charge in [-0.05, 0) is 31.4 Å². The molecule has 1 aliphatic rings. The standard InChI is InChI=1S/C20H29N9/c1-21-20(22-10-5-9-19-26-25-18-8-3-4-12-29(18)19)24-16-7-6-11-28(14-16)17-13-23-27(2)15-17/h3-4,8,12-13,15-16H,5-7,9-11,14H2,1-2H3,(H2,21,22,24). The molecule has 1 atom stereocenters. The number of hydrogen-bond acceptors (Lipinski definition) is 5. The molecule has 1 fully saturated rings. The summed E-state index contributed by atoms with van der Waals surface area (Å²) in [4.78, 5) is 6.78. The summed E-state index contributed by atoms with van der Waals surface area (Å²) in [6, 6.07) is 6.32. The molecule has 9 nitrogen and oxygen atoms in total. The number of hydrogen-bond donors (Lipinski definition) is 2. The minimum absolute atomic E-state index is 0.371. The average molecular weight is 396 g/mol. The highest BCUT2D eigenvalue weighted by Crippen LogP contribution is 2.18. The van der Waals surface area contributed by atoms with Gasteiger partial charge in [0, 0.05) is 58.6 Å². The number of piperidine rings is 1. The first-order valence-electron chi connectivity index (χ1n) is 10.2. The summed E-state index contributed by atoms with van der Waals surface area (Å²) < 4.78 is 3.90. The van der Waals surface area contributed by atoms with Crippen LogP contribution in [0.2, 0.25) is 0 Å². The van der Waals surface area contributed by atoms with E-state index in [2.05, 4.69) is 42.0 Å². The third-order valence-electron chi connectivity index (χ3n) is 5.30. The Balaban J connectivity index is 1.24. The lowest BCUT2D eigenvalue weighted by Gasteiger charge is -2.34. The van der Waals surface area contributed by atoms with Crippen molar-refractivity contribution in [1.82, 2.24) is 35.0 Å². The Morgan fingerprint density at radius 2 is 2.24 bits per heavy atom. The zero-order valence-electron chi connectivity index (χ0n) is 17.1. The van der Waals surface area contributed by atoms with E-state index in [-0.39, 0.29) is 0 Å². The molecular weight excluding hydrogens is 366 g/mol. The lowest BCUT2D eigenvalue weighted by atomic mass is 10.1. The summed E-state index contributed by atoms with van der Waals surface area (Å²) in [5, 5.41) is 19.8. The summed E-state index contributed by atoms with van der Waals surface area (Å²) in [5.74, 6) is 1.85. The van der Waals surface area contributed by atoms with Crippen LogP contribution in [0.25, 0.3) is 5.65 Å². The van der Waals surface area contributed by atoms with Crippen LogP contribution >= 0.6 is 0 Å². The van der Waals surface area contributed by atoms with Crippen LogP contribution in [0.5, 0.6) is 0 Å². The number of aryl methyl sites for hydroxylation is 2. The number of nitrogens with one attached hydrogen (secondary N) is 2. The lowest BCUT2D eigenvalue weighted by Crippen LogP contribution is -2.51. The van der Waals surface area contributed by atoms with Crippen molar-refractivity contribution in [3.05, 3.63) is 42.6 Å². The van der Waals surface area contributed by atoms with Crippen molar-refractivity contribution in [2.75, 3.05) is 31.6 Å². The summed E-state index contributed by atoms with van der Waals surface area (Å²) in [6.45, 7) is 2.86. The predicted molar refractivity (Wildman–Crippen MR) is 114 cm³/mol. The van der Waals surface area contributed by atoms with Crippen LogP contribution in [0.4, 0.5) is 5.69 Å². The predicted octanol–water partition coefficient (Wildman–Crippen LogP) is 1.23. The Morgan fingerprint density at radius 3 is 3.07 bits per heavy atom. The van der Waals surface area contributed by atoms with Gasteiger partial charge in [-0.2, -0.15) is 5.10 Å². The molecule has 4 rings (SSSR count). The van der Waals surface area contributed by atoms with E-state index in [4.69, 9.17) is 0 Å². The van der Waals surface area contributed by atoms with Gasteiger partial charge in [0.25, 0.3) is 0 Å².